The van der Waals surface area contributed by atoms with Crippen LogP contribution in [0, 0.1) is 5.92 Å². The van der Waals surface area contributed by atoms with Gasteiger partial charge in [0.15, 0.2) is 0 Å². The molecule has 1 aliphatic heterocycles. The van der Waals surface area contributed by atoms with Gasteiger partial charge in [-0.25, -0.2) is 0 Å². The molecular formula is C31H38N4O2S. The van der Waals surface area contributed by atoms with Gasteiger partial charge in [-0.15, -0.1) is 0 Å². The van der Waals surface area contributed by atoms with Gasteiger partial charge in [0.25, 0.3) is 0 Å². The Bertz CT molecular complexity index is 1230. The van der Waals surface area contributed by atoms with E-state index in [0.717, 1.165) is 80.1 Å². The van der Waals surface area contributed by atoms with Crippen LogP contribution in [0.4, 0.5) is 5.69 Å². The maximum Gasteiger partial charge on any atom is 0.224 e. The molecule has 3 fully saturated rings. The highest BCUT2D eigenvalue weighted by Gasteiger charge is 2.34. The number of nitrogens with two attached hydrogens (primary N) is 1. The monoisotopic (exact) mass is 530 g/mol. The van der Waals surface area contributed by atoms with Crippen molar-refractivity contribution in [3.05, 3.63) is 58.9 Å². The van der Waals surface area contributed by atoms with Gasteiger partial charge in [-0.2, -0.15) is 11.3 Å². The molecule has 0 radical (unpaired) electrons. The van der Waals surface area contributed by atoms with Gasteiger partial charge in [-0.1, -0.05) is 24.3 Å². The highest BCUT2D eigenvalue weighted by Crippen LogP contribution is 2.40. The van der Waals surface area contributed by atoms with Gasteiger partial charge in [-0.05, 0) is 84.9 Å². The van der Waals surface area contributed by atoms with Crippen molar-refractivity contribution >= 4 is 22.9 Å². The summed E-state index contributed by atoms with van der Waals surface area (Å²) in [5.74, 6) is 0.541. The zero-order valence-electron chi connectivity index (χ0n) is 22.0. The summed E-state index contributed by atoms with van der Waals surface area (Å²) in [6.45, 7) is 3.79. The molecule has 1 aromatic carbocycles. The van der Waals surface area contributed by atoms with E-state index in [-0.39, 0.29) is 11.4 Å². The first kappa shape index (κ1) is 25.7. The Morgan fingerprint density at radius 3 is 2.50 bits per heavy atom. The Kier molecular flexibility index (Phi) is 7.61. The van der Waals surface area contributed by atoms with Crippen LogP contribution in [0.15, 0.2) is 53.4 Å². The molecule has 2 saturated carbocycles. The van der Waals surface area contributed by atoms with Crippen molar-refractivity contribution in [2.24, 2.45) is 11.7 Å². The summed E-state index contributed by atoms with van der Waals surface area (Å²) in [7, 11) is 0. The number of nitrogens with one attached hydrogen (secondary N) is 1. The molecule has 1 saturated heterocycles. The Balaban J connectivity index is 1.12. The number of benzene rings is 1. The van der Waals surface area contributed by atoms with E-state index in [4.69, 9.17) is 15.5 Å². The second-order valence-electron chi connectivity index (χ2n) is 11.3. The van der Waals surface area contributed by atoms with E-state index in [1.807, 2.05) is 0 Å². The third-order valence-electron chi connectivity index (χ3n) is 8.84. The third-order valence-corrected chi connectivity index (χ3v) is 9.52. The highest BCUT2D eigenvalue weighted by molar-refractivity contribution is 7.08. The summed E-state index contributed by atoms with van der Waals surface area (Å²) in [6, 6.07) is 13.4. The lowest BCUT2D eigenvalue weighted by molar-refractivity contribution is -0.117. The molecule has 2 aliphatic carbocycles. The number of carbonyl (C=O) groups excluding carboxylic acids is 1. The number of aromatic nitrogens is 1. The summed E-state index contributed by atoms with van der Waals surface area (Å²) >= 11 is 1.67. The van der Waals surface area contributed by atoms with Gasteiger partial charge >= 0.3 is 0 Å². The van der Waals surface area contributed by atoms with Crippen LogP contribution < -0.4 is 11.1 Å². The molecule has 6 nitrogen and oxygen atoms in total. The van der Waals surface area contributed by atoms with Gasteiger partial charge in [0.1, 0.15) is 0 Å². The number of anilines is 1. The summed E-state index contributed by atoms with van der Waals surface area (Å²) in [6.07, 6.45) is 10.3. The van der Waals surface area contributed by atoms with E-state index in [9.17, 15) is 4.79 Å². The summed E-state index contributed by atoms with van der Waals surface area (Å²) < 4.78 is 5.50. The first-order valence-corrected chi connectivity index (χ1v) is 15.1. The summed E-state index contributed by atoms with van der Waals surface area (Å²) in [5.41, 5.74) is 12.5. The third kappa shape index (κ3) is 5.57. The Labute approximate surface area is 229 Å². The molecule has 0 atom stereocenters. The number of thiophene rings is 1. The van der Waals surface area contributed by atoms with Crippen molar-refractivity contribution in [1.29, 1.82) is 0 Å². The van der Waals surface area contributed by atoms with E-state index in [0.29, 0.717) is 18.4 Å². The van der Waals surface area contributed by atoms with Gasteiger partial charge in [0.2, 0.25) is 5.91 Å². The lowest BCUT2D eigenvalue weighted by Gasteiger charge is -2.38. The number of amides is 1. The molecule has 7 heteroatoms. The predicted molar refractivity (Wildman–Crippen MR) is 154 cm³/mol. The predicted octanol–water partition coefficient (Wildman–Crippen LogP) is 6.03. The second-order valence-corrected chi connectivity index (χ2v) is 12.1. The molecule has 3 N–H and O–H groups in total. The van der Waals surface area contributed by atoms with Crippen molar-refractivity contribution in [3.63, 3.8) is 0 Å². The number of hydrogen-bond donors (Lipinski definition) is 2. The molecular weight excluding hydrogens is 492 g/mol. The van der Waals surface area contributed by atoms with Gasteiger partial charge in [0, 0.05) is 42.2 Å². The molecule has 0 spiro atoms. The number of nitrogens with zero attached hydrogens (tertiary/aromatic N) is 2. The topological polar surface area (TPSA) is 80.5 Å². The van der Waals surface area contributed by atoms with Crippen LogP contribution in [0.2, 0.25) is 0 Å². The molecule has 3 aliphatic rings. The average Bonchev–Trinajstić information content (AvgIpc) is 3.48. The van der Waals surface area contributed by atoms with Crippen LogP contribution in [0.25, 0.3) is 22.4 Å². The maximum absolute atomic E-state index is 13.0. The number of hydrogen-bond acceptors (Lipinski definition) is 6. The van der Waals surface area contributed by atoms with Gasteiger partial charge < -0.3 is 15.8 Å². The van der Waals surface area contributed by atoms with Crippen molar-refractivity contribution in [2.45, 2.75) is 62.9 Å². The van der Waals surface area contributed by atoms with Crippen molar-refractivity contribution in [3.8, 4) is 22.4 Å². The van der Waals surface area contributed by atoms with Crippen LogP contribution >= 0.6 is 11.3 Å². The fraction of sp³-hybridized carbons (Fsp3) is 0.484. The Morgan fingerprint density at radius 1 is 1.08 bits per heavy atom. The van der Waals surface area contributed by atoms with Crippen molar-refractivity contribution in [2.75, 3.05) is 31.6 Å². The minimum Gasteiger partial charge on any atom is -0.379 e. The van der Waals surface area contributed by atoms with E-state index in [1.165, 1.54) is 24.8 Å². The van der Waals surface area contributed by atoms with Crippen molar-refractivity contribution < 1.29 is 9.53 Å². The quantitative estimate of drug-likeness (QED) is 0.390. The first-order valence-electron chi connectivity index (χ1n) is 14.1. The van der Waals surface area contributed by atoms with E-state index in [2.05, 4.69) is 57.4 Å². The van der Waals surface area contributed by atoms with E-state index >= 15 is 0 Å². The van der Waals surface area contributed by atoms with Crippen LogP contribution in [0.1, 0.15) is 56.9 Å². The van der Waals surface area contributed by atoms with Gasteiger partial charge in [0.05, 0.1) is 30.8 Å². The maximum atomic E-state index is 13.0. The molecule has 3 aromatic rings. The average molecular weight is 531 g/mol. The highest BCUT2D eigenvalue weighted by atomic mass is 32.1. The van der Waals surface area contributed by atoms with Crippen LogP contribution in [-0.4, -0.2) is 48.1 Å². The molecule has 3 heterocycles. The van der Waals surface area contributed by atoms with E-state index < -0.39 is 0 Å². The summed E-state index contributed by atoms with van der Waals surface area (Å²) in [5, 5.41) is 7.36. The smallest absolute Gasteiger partial charge is 0.224 e. The molecule has 6 rings (SSSR count). The van der Waals surface area contributed by atoms with Crippen LogP contribution in [0.3, 0.4) is 0 Å². The van der Waals surface area contributed by atoms with Crippen LogP contribution in [0.5, 0.6) is 0 Å². The SMILES string of the molecule is NC1(c2ccc(-c3ncc(NC(=O)C[C@H]4CC[C@H](N5CCOCC5)CC4)cc3-c3ccsc3)cc2)CCC1. The largest absolute Gasteiger partial charge is 0.379 e. The molecule has 1 amide bonds. The van der Waals surface area contributed by atoms with Crippen LogP contribution in [-0.2, 0) is 15.1 Å². The number of carbonyl (C=O) groups is 1. The molecule has 200 valence electrons. The standard InChI is InChI=1S/C31H38N4O2S/c32-31(11-1-12-31)25-6-4-23(5-7-25)30-28(24-10-17-38-21-24)19-26(20-33-30)34-29(36)18-22-2-8-27(9-3-22)35-13-15-37-16-14-35/h4-7,10,17,19-22,27H,1-3,8-9,11-16,18,32H2,(H,34,36)/t22-,27-. The Morgan fingerprint density at radius 2 is 1.84 bits per heavy atom. The minimum absolute atomic E-state index is 0.0868. The molecule has 2 aromatic heterocycles. The zero-order valence-corrected chi connectivity index (χ0v) is 22.8. The number of rotatable bonds is 7. The Hall–Kier alpha value is -2.58. The molecule has 0 bridgehead atoms. The minimum atomic E-state index is -0.169. The number of morpholine rings is 1. The fourth-order valence-electron chi connectivity index (χ4n) is 6.34. The zero-order chi connectivity index (χ0) is 26.0. The van der Waals surface area contributed by atoms with Crippen molar-refractivity contribution in [1.82, 2.24) is 9.88 Å². The number of ether oxygens (including phenoxy) is 1. The summed E-state index contributed by atoms with van der Waals surface area (Å²) in [4.78, 5) is 20.4. The number of pyridine rings is 1. The lowest BCUT2D eigenvalue weighted by atomic mass is 9.72. The second kappa shape index (κ2) is 11.3. The van der Waals surface area contributed by atoms with E-state index in [1.54, 1.807) is 17.5 Å². The van der Waals surface area contributed by atoms with Gasteiger partial charge in [-0.3, -0.25) is 14.7 Å². The molecule has 38 heavy (non-hydrogen) atoms. The normalized spacial score (nSPS) is 23.5. The lowest BCUT2D eigenvalue weighted by Crippen LogP contribution is -2.45. The first-order chi connectivity index (χ1) is 18.6. The molecule has 0 unspecified atom stereocenters. The fourth-order valence-corrected chi connectivity index (χ4v) is 6.99.